The highest BCUT2D eigenvalue weighted by Gasteiger charge is 2.36. The van der Waals surface area contributed by atoms with E-state index in [0.717, 1.165) is 5.41 Å². The van der Waals surface area contributed by atoms with Gasteiger partial charge in [-0.15, -0.1) is 11.3 Å². The van der Waals surface area contributed by atoms with Gasteiger partial charge in [0, 0.05) is 49.7 Å². The molecule has 1 fully saturated rings. The highest BCUT2D eigenvalue weighted by molar-refractivity contribution is 7.92. The molecule has 2 amide bonds. The molecular formula is C26H30ClFN6O6S2. The number of benzene rings is 1. The topological polar surface area (TPSA) is 154 Å². The van der Waals surface area contributed by atoms with E-state index >= 15 is 4.39 Å². The monoisotopic (exact) mass is 640 g/mol. The van der Waals surface area contributed by atoms with Gasteiger partial charge in [0.15, 0.2) is 0 Å². The summed E-state index contributed by atoms with van der Waals surface area (Å²) >= 11 is 7.18. The minimum atomic E-state index is -3.94. The molecule has 3 N–H and O–H groups in total. The van der Waals surface area contributed by atoms with Crippen LogP contribution in [0.5, 0.6) is 0 Å². The average Bonchev–Trinajstić information content (AvgIpc) is 3.65. The molecule has 0 unspecified atom stereocenters. The van der Waals surface area contributed by atoms with Crippen LogP contribution in [0.3, 0.4) is 0 Å². The van der Waals surface area contributed by atoms with Gasteiger partial charge >= 0.3 is 0 Å². The van der Waals surface area contributed by atoms with Crippen LogP contribution in [0.25, 0.3) is 11.3 Å². The van der Waals surface area contributed by atoms with Crippen LogP contribution in [-0.4, -0.2) is 79.5 Å². The molecule has 0 spiro atoms. The summed E-state index contributed by atoms with van der Waals surface area (Å²) in [6.07, 6.45) is 3.44. The summed E-state index contributed by atoms with van der Waals surface area (Å²) < 4.78 is 45.2. The van der Waals surface area contributed by atoms with Gasteiger partial charge in [0.1, 0.15) is 17.7 Å². The quantitative estimate of drug-likeness (QED) is 0.286. The van der Waals surface area contributed by atoms with E-state index in [1.54, 1.807) is 56.2 Å². The van der Waals surface area contributed by atoms with Gasteiger partial charge in [-0.05, 0) is 43.2 Å². The van der Waals surface area contributed by atoms with Gasteiger partial charge in [-0.1, -0.05) is 11.6 Å². The molecule has 0 aliphatic carbocycles. The highest BCUT2D eigenvalue weighted by atomic mass is 35.5. The molecule has 1 aliphatic heterocycles. The van der Waals surface area contributed by atoms with Crippen molar-refractivity contribution in [2.45, 2.75) is 25.9 Å². The summed E-state index contributed by atoms with van der Waals surface area (Å²) in [6.45, 7) is 1.97. The van der Waals surface area contributed by atoms with Crippen molar-refractivity contribution in [1.29, 1.82) is 0 Å². The number of likely N-dealkylation sites (N-methyl/N-ethyl adjacent to an activating group) is 1. The number of allylic oxidation sites excluding steroid dienone is 1. The van der Waals surface area contributed by atoms with E-state index in [0.29, 0.717) is 26.3 Å². The van der Waals surface area contributed by atoms with Gasteiger partial charge in [0.2, 0.25) is 21.8 Å². The molecule has 1 aromatic carbocycles. The summed E-state index contributed by atoms with van der Waals surface area (Å²) in [5.41, 5.74) is 1.03. The molecule has 1 aliphatic rings. The number of sulfonamides is 1. The largest absolute Gasteiger partial charge is 0.483 e. The second kappa shape index (κ2) is 14.5. The van der Waals surface area contributed by atoms with Crippen LogP contribution in [0, 0.1) is 5.82 Å². The second-order valence-electron chi connectivity index (χ2n) is 9.24. The van der Waals surface area contributed by atoms with E-state index in [2.05, 4.69) is 15.0 Å². The number of halogens is 2. The number of carboxylic acid groups (broad SMARTS) is 1. The first-order valence-electron chi connectivity index (χ1n) is 12.5. The van der Waals surface area contributed by atoms with Crippen LogP contribution in [0.1, 0.15) is 24.0 Å². The first-order valence-corrected chi connectivity index (χ1v) is 15.2. The highest BCUT2D eigenvalue weighted by Crippen LogP contribution is 2.29. The molecule has 226 valence electrons. The normalized spacial score (nSPS) is 15.4. The van der Waals surface area contributed by atoms with Crippen molar-refractivity contribution in [2.24, 2.45) is 0 Å². The standard InChI is InChI=1S/C25H28ClFN6O4S2.CH2O2/c1-16(21-6-7-22(26)38-21)15-39(36,37)30-19-8-10-33(25(19)35)20-5-4-17(12-18(20)27)32-11-9-29-23(32)13-28-14-24(34)31(2)3;2-1-3/h4-7,9,11-12,15,19,28,30H,8,10,13-14H2,1-3H3;1H,(H,2,3)/b16-15+;/t19-;/m0./s1. The summed E-state index contributed by atoms with van der Waals surface area (Å²) in [7, 11) is -0.610. The third-order valence-electron chi connectivity index (χ3n) is 6.08. The van der Waals surface area contributed by atoms with Gasteiger partial charge in [-0.2, -0.15) is 4.72 Å². The third kappa shape index (κ3) is 8.45. The van der Waals surface area contributed by atoms with E-state index in [1.807, 2.05) is 0 Å². The van der Waals surface area contributed by atoms with Crippen LogP contribution < -0.4 is 14.9 Å². The van der Waals surface area contributed by atoms with Gasteiger partial charge in [0.05, 0.1) is 28.5 Å². The summed E-state index contributed by atoms with van der Waals surface area (Å²) in [4.78, 5) is 40.9. The summed E-state index contributed by atoms with van der Waals surface area (Å²) in [5.74, 6) is -0.676. The molecule has 4 rings (SSSR count). The van der Waals surface area contributed by atoms with E-state index in [-0.39, 0.29) is 44.1 Å². The molecule has 3 heterocycles. The number of nitrogens with one attached hydrogen (secondary N) is 2. The molecule has 1 atom stereocenters. The lowest BCUT2D eigenvalue weighted by molar-refractivity contribution is -0.127. The van der Waals surface area contributed by atoms with Crippen molar-refractivity contribution in [3.05, 3.63) is 69.0 Å². The predicted molar refractivity (Wildman–Crippen MR) is 158 cm³/mol. The molecule has 1 saturated heterocycles. The lowest BCUT2D eigenvalue weighted by Crippen LogP contribution is -2.41. The fourth-order valence-corrected chi connectivity index (χ4v) is 6.45. The molecule has 0 saturated carbocycles. The second-order valence-corrected chi connectivity index (χ2v) is 12.5. The molecule has 0 bridgehead atoms. The van der Waals surface area contributed by atoms with Crippen LogP contribution in [0.4, 0.5) is 10.1 Å². The first kappa shape index (κ1) is 32.9. The molecular weight excluding hydrogens is 611 g/mol. The Bertz CT molecular complexity index is 1570. The molecule has 42 heavy (non-hydrogen) atoms. The Morgan fingerprint density at radius 3 is 2.64 bits per heavy atom. The van der Waals surface area contributed by atoms with Crippen molar-refractivity contribution < 1.29 is 32.3 Å². The number of aromatic nitrogens is 2. The zero-order valence-electron chi connectivity index (χ0n) is 23.0. The maximum Gasteiger partial charge on any atom is 0.290 e. The van der Waals surface area contributed by atoms with Gasteiger partial charge < -0.3 is 24.8 Å². The number of carbonyl (C=O) groups is 3. The van der Waals surface area contributed by atoms with Crippen molar-refractivity contribution in [1.82, 2.24) is 24.5 Å². The minimum absolute atomic E-state index is 0.0572. The fraction of sp³-hybridized carbons (Fsp3) is 0.308. The Morgan fingerprint density at radius 2 is 2.02 bits per heavy atom. The Labute approximate surface area is 251 Å². The van der Waals surface area contributed by atoms with Crippen LogP contribution in [0.2, 0.25) is 4.34 Å². The maximum absolute atomic E-state index is 15.2. The van der Waals surface area contributed by atoms with Gasteiger partial charge in [0.25, 0.3) is 6.47 Å². The van der Waals surface area contributed by atoms with Crippen molar-refractivity contribution in [3.8, 4) is 5.69 Å². The fourth-order valence-electron chi connectivity index (χ4n) is 4.08. The van der Waals surface area contributed by atoms with Crippen molar-refractivity contribution in [3.63, 3.8) is 0 Å². The smallest absolute Gasteiger partial charge is 0.290 e. The number of imidazole rings is 1. The molecule has 0 radical (unpaired) electrons. The number of amides is 2. The first-order chi connectivity index (χ1) is 19.9. The van der Waals surface area contributed by atoms with E-state index in [4.69, 9.17) is 21.5 Å². The Kier molecular flexibility index (Phi) is 11.4. The number of thiophene rings is 1. The minimum Gasteiger partial charge on any atom is -0.483 e. The number of hydrogen-bond acceptors (Lipinski definition) is 8. The summed E-state index contributed by atoms with van der Waals surface area (Å²) in [5, 5.41) is 11.0. The predicted octanol–water partition coefficient (Wildman–Crippen LogP) is 2.69. The van der Waals surface area contributed by atoms with Crippen LogP contribution in [0.15, 0.2) is 48.1 Å². The molecule has 2 aromatic heterocycles. The third-order valence-corrected chi connectivity index (χ3v) is 8.72. The zero-order chi connectivity index (χ0) is 31.0. The number of rotatable bonds is 10. The average molecular weight is 641 g/mol. The van der Waals surface area contributed by atoms with E-state index < -0.39 is 27.8 Å². The Morgan fingerprint density at radius 1 is 1.31 bits per heavy atom. The van der Waals surface area contributed by atoms with Crippen molar-refractivity contribution >= 4 is 62.5 Å². The zero-order valence-corrected chi connectivity index (χ0v) is 25.3. The lowest BCUT2D eigenvalue weighted by atomic mass is 10.2. The van der Waals surface area contributed by atoms with Crippen molar-refractivity contribution in [2.75, 3.05) is 32.1 Å². The van der Waals surface area contributed by atoms with Crippen LogP contribution in [-0.2, 0) is 31.0 Å². The lowest BCUT2D eigenvalue weighted by Gasteiger charge is -2.19. The SMILES string of the molecule is C/C(=C\S(=O)(=O)N[C@H]1CCN(c2ccc(-n3ccnc3CNCC(=O)N(C)C)cc2F)C1=O)c1ccc(Cl)s1.O=CO. The molecule has 3 aromatic rings. The van der Waals surface area contributed by atoms with E-state index in [9.17, 15) is 18.0 Å². The van der Waals surface area contributed by atoms with Crippen LogP contribution >= 0.6 is 22.9 Å². The Hall–Kier alpha value is -3.63. The van der Waals surface area contributed by atoms with Gasteiger partial charge in [-0.3, -0.25) is 14.4 Å². The van der Waals surface area contributed by atoms with E-state index in [1.165, 1.54) is 33.3 Å². The molecule has 12 nitrogen and oxygen atoms in total. The number of anilines is 1. The number of carbonyl (C=O) groups excluding carboxylic acids is 2. The number of nitrogens with zero attached hydrogens (tertiary/aromatic N) is 4. The maximum atomic E-state index is 15.2. The van der Waals surface area contributed by atoms with Gasteiger partial charge in [-0.25, -0.2) is 17.8 Å². The Balaban J connectivity index is 0.00000155. The molecule has 16 heteroatoms. The number of hydrogen-bond donors (Lipinski definition) is 3. The summed E-state index contributed by atoms with van der Waals surface area (Å²) in [6, 6.07) is 6.80.